The van der Waals surface area contributed by atoms with E-state index in [0.29, 0.717) is 0 Å². The van der Waals surface area contributed by atoms with Gasteiger partial charge >= 0.3 is 38.6 Å². The van der Waals surface area contributed by atoms with Crippen LogP contribution in [-0.4, -0.2) is 0 Å². The molecule has 0 N–H and O–H groups in total. The Morgan fingerprint density at radius 2 is 1.50 bits per heavy atom. The first-order valence-electron chi connectivity index (χ1n) is 0.154. The summed E-state index contributed by atoms with van der Waals surface area (Å²) in [4.78, 5) is 0. The molecule has 0 saturated carbocycles. The Morgan fingerprint density at radius 1 is 1.50 bits per heavy atom. The zero-order chi connectivity index (χ0) is 2.00. The van der Waals surface area contributed by atoms with Crippen molar-refractivity contribution in [2.45, 2.75) is 0 Å². The zero-order valence-electron chi connectivity index (χ0n) is 3.16. The molecule has 0 unspecified atom stereocenters. The fourth-order valence-corrected chi connectivity index (χ4v) is 0. The Kier molecular flexibility index (Phi) is 114. The topological polar surface area (TPSA) is 17.1 Å². The van der Waals surface area contributed by atoms with Crippen molar-refractivity contribution in [3.8, 4) is 0 Å². The van der Waals surface area contributed by atoms with E-state index in [1.54, 1.807) is 15.9 Å². The molecule has 0 aliphatic heterocycles. The van der Waals surface area contributed by atoms with Crippen molar-refractivity contribution >= 4 is 0 Å². The molecule has 0 aromatic rings. The summed E-state index contributed by atoms with van der Waals surface area (Å²) in [5.74, 6) is 0. The third-order valence-corrected chi connectivity index (χ3v) is 0. The molecule has 0 aliphatic rings. The van der Waals surface area contributed by atoms with Crippen LogP contribution in [0.5, 0.6) is 0 Å². The Hall–Kier alpha value is 1.44. The molecule has 0 atom stereocenters. The van der Waals surface area contributed by atoms with Gasteiger partial charge in [0.2, 0.25) is 0 Å². The minimum atomic E-state index is 0. The number of hydrogen-bond acceptors (Lipinski definition) is 1. The molecule has 0 saturated heterocycles. The monoisotopic (exact) mass is 134 g/mol. The predicted molar refractivity (Wildman–Crippen MR) is 1.80 cm³/mol. The molecule has 0 rings (SSSR count). The summed E-state index contributed by atoms with van der Waals surface area (Å²) in [6.07, 6.45) is 0. The van der Waals surface area contributed by atoms with Crippen LogP contribution < -0.4 is 18.9 Å². The van der Waals surface area contributed by atoms with Crippen molar-refractivity contribution in [2.24, 2.45) is 0 Å². The van der Waals surface area contributed by atoms with Crippen LogP contribution in [-0.2, 0) is 36.8 Å². The number of rotatable bonds is 0. The standard InChI is InChI=1S/Li.2Mn.O.H/q+1;;;;-1. The van der Waals surface area contributed by atoms with Crippen molar-refractivity contribution in [2.75, 3.05) is 0 Å². The fourth-order valence-electron chi connectivity index (χ4n) is 0. The Bertz CT molecular complexity index is 9.61. The first-order valence-corrected chi connectivity index (χ1v) is 0.636. The van der Waals surface area contributed by atoms with E-state index in [2.05, 4.69) is 0 Å². The van der Waals surface area contributed by atoms with Crippen LogP contribution in [0.2, 0.25) is 0 Å². The van der Waals surface area contributed by atoms with Gasteiger partial charge in [0.1, 0.15) is 0 Å². The van der Waals surface area contributed by atoms with Gasteiger partial charge in [-0.05, 0) is 0 Å². The van der Waals surface area contributed by atoms with Crippen molar-refractivity contribution in [1.82, 2.24) is 0 Å². The predicted octanol–water partition coefficient (Wildman–Crippen LogP) is -3.01. The Morgan fingerprint density at radius 3 is 1.50 bits per heavy atom. The maximum atomic E-state index is 8.06. The van der Waals surface area contributed by atoms with Crippen molar-refractivity contribution < 1.29 is 57.1 Å². The summed E-state index contributed by atoms with van der Waals surface area (Å²) in [6.45, 7) is 0. The molecule has 0 amide bonds. The van der Waals surface area contributed by atoms with Crippen LogP contribution in [0.25, 0.3) is 0 Å². The Balaban J connectivity index is -0.00000000167. The van der Waals surface area contributed by atoms with Crippen LogP contribution in [0.4, 0.5) is 0 Å². The van der Waals surface area contributed by atoms with Crippen LogP contribution in [0, 0.1) is 0 Å². The van der Waals surface area contributed by atoms with E-state index in [4.69, 9.17) is 3.83 Å². The fraction of sp³-hybridized carbons (Fsp3) is 0. The average molecular weight is 134 g/mol. The second-order valence-electron chi connectivity index (χ2n) is 0. The van der Waals surface area contributed by atoms with E-state index in [-0.39, 0.29) is 37.4 Å². The van der Waals surface area contributed by atoms with E-state index in [9.17, 15) is 0 Å². The third kappa shape index (κ3) is 9.89. The molecule has 1 radical (unpaired) electrons. The van der Waals surface area contributed by atoms with E-state index in [0.717, 1.165) is 0 Å². The quantitative estimate of drug-likeness (QED) is 0.322. The minimum absolute atomic E-state index is 0. The summed E-state index contributed by atoms with van der Waals surface area (Å²) < 4.78 is 8.06. The van der Waals surface area contributed by atoms with E-state index < -0.39 is 0 Å². The summed E-state index contributed by atoms with van der Waals surface area (Å²) in [7, 11) is 0. The normalized spacial score (nSPS) is 1.00. The molecule has 0 fully saturated rings. The van der Waals surface area contributed by atoms with Gasteiger partial charge in [0, 0.05) is 17.1 Å². The molecule has 4 heavy (non-hydrogen) atoms. The first kappa shape index (κ1) is 18.0. The van der Waals surface area contributed by atoms with Gasteiger partial charge in [0.05, 0.1) is 0 Å². The molecule has 4 heteroatoms. The van der Waals surface area contributed by atoms with Crippen LogP contribution in [0.1, 0.15) is 1.43 Å². The second kappa shape index (κ2) is 25.4. The van der Waals surface area contributed by atoms with Gasteiger partial charge < -0.3 is 1.43 Å². The molecule has 0 aromatic carbocycles. The van der Waals surface area contributed by atoms with E-state index >= 15 is 0 Å². The van der Waals surface area contributed by atoms with Gasteiger partial charge in [-0.2, -0.15) is 0 Å². The average Bonchev–Trinajstić information content (AvgIpc) is 1.00. The molecule has 0 aromatic heterocycles. The van der Waals surface area contributed by atoms with Crippen LogP contribution in [0.3, 0.4) is 0 Å². The molecule has 0 spiro atoms. The van der Waals surface area contributed by atoms with Crippen LogP contribution >= 0.6 is 0 Å². The van der Waals surface area contributed by atoms with E-state index in [1.165, 1.54) is 0 Å². The summed E-state index contributed by atoms with van der Waals surface area (Å²) in [6, 6.07) is 0. The zero-order valence-corrected chi connectivity index (χ0v) is 4.53. The Labute approximate surface area is 57.1 Å². The van der Waals surface area contributed by atoms with Crippen molar-refractivity contribution in [1.29, 1.82) is 0 Å². The molecule has 0 bridgehead atoms. The van der Waals surface area contributed by atoms with Gasteiger partial charge in [-0.15, -0.1) is 0 Å². The summed E-state index contributed by atoms with van der Waals surface area (Å²) in [5.41, 5.74) is 0. The van der Waals surface area contributed by atoms with E-state index in [1.807, 2.05) is 0 Å². The van der Waals surface area contributed by atoms with Gasteiger partial charge in [-0.3, -0.25) is 0 Å². The van der Waals surface area contributed by atoms with Crippen molar-refractivity contribution in [3.05, 3.63) is 0 Å². The van der Waals surface area contributed by atoms with Crippen LogP contribution in [0.15, 0.2) is 0 Å². The molecule has 0 heterocycles. The SMILES string of the molecule is [H-].[Li+].[Mn].[O]=[Mn]. The van der Waals surface area contributed by atoms with Gasteiger partial charge in [-0.25, -0.2) is 0 Å². The molecule has 0 aliphatic carbocycles. The van der Waals surface area contributed by atoms with Crippen molar-refractivity contribution in [3.63, 3.8) is 0 Å². The molecular formula is HLiMn2O. The van der Waals surface area contributed by atoms with Gasteiger partial charge in [-0.1, -0.05) is 0 Å². The summed E-state index contributed by atoms with van der Waals surface area (Å²) in [5, 5.41) is 0. The van der Waals surface area contributed by atoms with Gasteiger partial charge in [0.25, 0.3) is 0 Å². The summed E-state index contributed by atoms with van der Waals surface area (Å²) >= 11 is 1.69. The molecule has 22 valence electrons. The second-order valence-corrected chi connectivity index (χ2v) is 0. The molecule has 1 nitrogen and oxygen atoms in total. The molecular weight excluding hydrogens is 133 g/mol. The maximum absolute atomic E-state index is 8.06. The first-order chi connectivity index (χ1) is 1.00. The third-order valence-electron chi connectivity index (χ3n) is 0. The number of hydrogen-bond donors (Lipinski definition) is 0. The van der Waals surface area contributed by atoms with Gasteiger partial charge in [0.15, 0.2) is 0 Å².